The molecule has 7 heteroatoms. The third-order valence-electron chi connectivity index (χ3n) is 4.27. The second-order valence-corrected chi connectivity index (χ2v) is 9.97. The molecule has 0 saturated carbocycles. The van der Waals surface area contributed by atoms with Crippen LogP contribution < -0.4 is 5.32 Å². The Bertz CT molecular complexity index is 853. The summed E-state index contributed by atoms with van der Waals surface area (Å²) in [4.78, 5) is 1.18. The van der Waals surface area contributed by atoms with Crippen LogP contribution in [-0.4, -0.2) is 27.8 Å². The van der Waals surface area contributed by atoms with Gasteiger partial charge in [0.1, 0.15) is 0 Å². The summed E-state index contributed by atoms with van der Waals surface area (Å²) in [5.41, 5.74) is 4.76. The minimum Gasteiger partial charge on any atom is -0.316 e. The highest BCUT2D eigenvalue weighted by Gasteiger charge is 2.15. The minimum atomic E-state index is -2.99. The van der Waals surface area contributed by atoms with Gasteiger partial charge in [-0.05, 0) is 54.3 Å². The number of thioether (sulfide) groups is 1. The van der Waals surface area contributed by atoms with Crippen molar-refractivity contribution >= 4 is 45.6 Å². The molecule has 2 aromatic rings. The lowest BCUT2D eigenvalue weighted by molar-refractivity contribution is 0.601. The molecule has 0 saturated heterocycles. The quantitative estimate of drug-likeness (QED) is 0.717. The zero-order valence-electron chi connectivity index (χ0n) is 14.6. The van der Waals surface area contributed by atoms with Crippen molar-refractivity contribution < 1.29 is 8.42 Å². The first-order chi connectivity index (χ1) is 11.9. The summed E-state index contributed by atoms with van der Waals surface area (Å²) in [6, 6.07) is 12.0. The highest BCUT2D eigenvalue weighted by atomic mass is 35.5. The number of fused-ring (bicyclic) bond motifs is 1. The van der Waals surface area contributed by atoms with E-state index in [2.05, 4.69) is 11.4 Å². The van der Waals surface area contributed by atoms with Crippen LogP contribution in [-0.2, 0) is 34.2 Å². The Labute approximate surface area is 171 Å². The number of halogens is 2. The van der Waals surface area contributed by atoms with Crippen LogP contribution in [0.3, 0.4) is 0 Å². The van der Waals surface area contributed by atoms with Gasteiger partial charge in [0, 0.05) is 16.9 Å². The van der Waals surface area contributed by atoms with Crippen molar-refractivity contribution in [2.24, 2.45) is 0 Å². The summed E-state index contributed by atoms with van der Waals surface area (Å²) in [6.45, 7) is 2.00. The van der Waals surface area contributed by atoms with Crippen molar-refractivity contribution in [2.45, 2.75) is 29.2 Å². The molecule has 3 nitrogen and oxygen atoms in total. The van der Waals surface area contributed by atoms with E-state index in [1.54, 1.807) is 11.8 Å². The summed E-state index contributed by atoms with van der Waals surface area (Å²) >= 11 is 8.24. The van der Waals surface area contributed by atoms with Gasteiger partial charge >= 0.3 is 0 Å². The van der Waals surface area contributed by atoms with Crippen LogP contribution in [0.4, 0.5) is 0 Å². The molecule has 0 aliphatic carbocycles. The molecule has 1 aliphatic heterocycles. The fourth-order valence-electron chi connectivity index (χ4n) is 3.06. The normalized spacial score (nSPS) is 14.2. The summed E-state index contributed by atoms with van der Waals surface area (Å²) < 4.78 is 22.7. The summed E-state index contributed by atoms with van der Waals surface area (Å²) in [7, 11) is -2.99. The molecular weight excluding hydrogens is 409 g/mol. The van der Waals surface area contributed by atoms with Gasteiger partial charge < -0.3 is 5.32 Å². The number of nitrogens with one attached hydrogen (secondary N) is 1. The third-order valence-corrected chi connectivity index (χ3v) is 6.78. The lowest BCUT2D eigenvalue weighted by atomic mass is 10.0. The maximum atomic E-state index is 11.4. The van der Waals surface area contributed by atoms with Gasteiger partial charge in [-0.1, -0.05) is 41.9 Å². The van der Waals surface area contributed by atoms with Gasteiger partial charge in [0.05, 0.1) is 10.8 Å². The first-order valence-corrected chi connectivity index (χ1v) is 11.7. The monoisotopic (exact) mass is 431 g/mol. The Morgan fingerprint density at radius 3 is 2.38 bits per heavy atom. The average molecular weight is 432 g/mol. The molecule has 0 bridgehead atoms. The number of hydrogen-bond donors (Lipinski definition) is 1. The molecule has 3 rings (SSSR count). The van der Waals surface area contributed by atoms with Crippen LogP contribution in [0, 0.1) is 0 Å². The van der Waals surface area contributed by atoms with Gasteiger partial charge in [-0.2, -0.15) is 0 Å². The van der Waals surface area contributed by atoms with Crippen LogP contribution in [0.2, 0.25) is 5.02 Å². The van der Waals surface area contributed by atoms with E-state index < -0.39 is 9.84 Å². The standard InChI is InChI=1S/C19H22ClNO2S2.ClH/c1-25(22,23)13-15-4-2-14(3-5-15)12-24-19-17-9-11-21-10-8-16(17)6-7-18(19)20;/h2-7,21H,8-13H2,1H3;1H. The molecule has 142 valence electrons. The van der Waals surface area contributed by atoms with Crippen LogP contribution in [0.15, 0.2) is 41.3 Å². The number of benzene rings is 2. The fourth-order valence-corrected chi connectivity index (χ4v) is 5.31. The van der Waals surface area contributed by atoms with E-state index in [0.717, 1.165) is 42.3 Å². The van der Waals surface area contributed by atoms with Crippen LogP contribution in [0.5, 0.6) is 0 Å². The minimum absolute atomic E-state index is 0. The van der Waals surface area contributed by atoms with Crippen molar-refractivity contribution in [3.05, 3.63) is 63.7 Å². The van der Waals surface area contributed by atoms with Crippen LogP contribution in [0.25, 0.3) is 0 Å². The zero-order valence-corrected chi connectivity index (χ0v) is 17.8. The molecule has 26 heavy (non-hydrogen) atoms. The number of sulfone groups is 1. The maximum absolute atomic E-state index is 11.4. The Hall–Kier alpha value is -0.720. The molecule has 0 aromatic heterocycles. The molecular formula is C19H23Cl2NO2S2. The number of hydrogen-bond acceptors (Lipinski definition) is 4. The van der Waals surface area contributed by atoms with Gasteiger partial charge in [0.25, 0.3) is 0 Å². The molecule has 2 aromatic carbocycles. The summed E-state index contributed by atoms with van der Waals surface area (Å²) in [5, 5.41) is 4.26. The molecule has 0 fully saturated rings. The summed E-state index contributed by atoms with van der Waals surface area (Å²) in [6.07, 6.45) is 3.31. The van der Waals surface area contributed by atoms with E-state index in [9.17, 15) is 8.42 Å². The SMILES string of the molecule is CS(=O)(=O)Cc1ccc(CSc2c(Cl)ccc3c2CCNCC3)cc1.Cl. The Morgan fingerprint density at radius 2 is 1.69 bits per heavy atom. The van der Waals surface area contributed by atoms with Crippen LogP contribution in [0.1, 0.15) is 22.3 Å². The van der Waals surface area contributed by atoms with Gasteiger partial charge in [-0.3, -0.25) is 0 Å². The first kappa shape index (κ1) is 21.6. The van der Waals surface area contributed by atoms with Gasteiger partial charge in [0.15, 0.2) is 9.84 Å². The lowest BCUT2D eigenvalue weighted by Crippen LogP contribution is -2.16. The molecule has 0 amide bonds. The van der Waals surface area contributed by atoms with E-state index >= 15 is 0 Å². The number of rotatable bonds is 5. The highest BCUT2D eigenvalue weighted by molar-refractivity contribution is 7.98. The van der Waals surface area contributed by atoms with Gasteiger partial charge in [-0.25, -0.2) is 8.42 Å². The predicted octanol–water partition coefficient (Wildman–Crippen LogP) is 4.29. The Kier molecular flexibility index (Phi) is 7.86. The Morgan fingerprint density at radius 1 is 1.04 bits per heavy atom. The largest absolute Gasteiger partial charge is 0.316 e. The van der Waals surface area contributed by atoms with Gasteiger partial charge in [0.2, 0.25) is 0 Å². The Balaban J connectivity index is 0.00000243. The van der Waals surface area contributed by atoms with Crippen molar-refractivity contribution in [1.29, 1.82) is 0 Å². The van der Waals surface area contributed by atoms with Crippen molar-refractivity contribution in [2.75, 3.05) is 19.3 Å². The second kappa shape index (κ2) is 9.47. The molecule has 0 atom stereocenters. The van der Waals surface area contributed by atoms with Crippen molar-refractivity contribution in [3.63, 3.8) is 0 Å². The average Bonchev–Trinajstić information content (AvgIpc) is 2.79. The van der Waals surface area contributed by atoms with E-state index in [1.165, 1.54) is 27.8 Å². The van der Waals surface area contributed by atoms with Crippen molar-refractivity contribution in [1.82, 2.24) is 5.32 Å². The van der Waals surface area contributed by atoms with Gasteiger partial charge in [-0.15, -0.1) is 24.2 Å². The predicted molar refractivity (Wildman–Crippen MR) is 114 cm³/mol. The second-order valence-electron chi connectivity index (χ2n) is 6.44. The van der Waals surface area contributed by atoms with E-state index in [0.29, 0.717) is 0 Å². The lowest BCUT2D eigenvalue weighted by Gasteiger charge is -2.14. The molecule has 1 aliphatic rings. The van der Waals surface area contributed by atoms with E-state index in [-0.39, 0.29) is 18.2 Å². The van der Waals surface area contributed by atoms with E-state index in [4.69, 9.17) is 11.6 Å². The maximum Gasteiger partial charge on any atom is 0.151 e. The molecule has 0 spiro atoms. The molecule has 1 heterocycles. The zero-order chi connectivity index (χ0) is 17.9. The fraction of sp³-hybridized carbons (Fsp3) is 0.368. The van der Waals surface area contributed by atoms with E-state index in [1.807, 2.05) is 30.3 Å². The summed E-state index contributed by atoms with van der Waals surface area (Å²) in [5.74, 6) is 0.911. The molecule has 0 unspecified atom stereocenters. The van der Waals surface area contributed by atoms with Crippen molar-refractivity contribution in [3.8, 4) is 0 Å². The molecule has 0 radical (unpaired) electrons. The first-order valence-electron chi connectivity index (χ1n) is 8.32. The van der Waals surface area contributed by atoms with Crippen LogP contribution >= 0.6 is 35.8 Å². The molecule has 1 N–H and O–H groups in total. The smallest absolute Gasteiger partial charge is 0.151 e. The topological polar surface area (TPSA) is 46.2 Å². The highest BCUT2D eigenvalue weighted by Crippen LogP contribution is 2.36. The third kappa shape index (κ3) is 5.89.